The Morgan fingerprint density at radius 2 is 2.00 bits per heavy atom. The van der Waals surface area contributed by atoms with Crippen molar-refractivity contribution in [2.45, 2.75) is 5.33 Å². The fourth-order valence-corrected chi connectivity index (χ4v) is 2.68. The van der Waals surface area contributed by atoms with Gasteiger partial charge in [-0.2, -0.15) is 0 Å². The first-order chi connectivity index (χ1) is 6.22. The predicted molar refractivity (Wildman–Crippen MR) is 64.9 cm³/mol. The molecule has 0 aromatic heterocycles. The molecule has 0 amide bonds. The first-order valence-electron chi connectivity index (χ1n) is 3.69. The van der Waals surface area contributed by atoms with E-state index in [1.807, 2.05) is 12.1 Å². The first kappa shape index (κ1) is 11.1. The zero-order valence-electron chi connectivity index (χ0n) is 7.43. The van der Waals surface area contributed by atoms with Crippen LogP contribution in [0.3, 0.4) is 0 Å². The molecule has 0 saturated heterocycles. The van der Waals surface area contributed by atoms with Crippen molar-refractivity contribution in [3.05, 3.63) is 21.3 Å². The van der Waals surface area contributed by atoms with Crippen molar-refractivity contribution in [1.82, 2.24) is 0 Å². The van der Waals surface area contributed by atoms with Gasteiger partial charge in [-0.3, -0.25) is 0 Å². The number of benzene rings is 1. The highest BCUT2D eigenvalue weighted by Gasteiger charge is 2.08. The van der Waals surface area contributed by atoms with E-state index in [4.69, 9.17) is 9.47 Å². The second kappa shape index (κ2) is 5.05. The Kier molecular flexibility index (Phi) is 4.31. The van der Waals surface area contributed by atoms with E-state index < -0.39 is 0 Å². The lowest BCUT2D eigenvalue weighted by molar-refractivity contribution is 0.391. The Balaban J connectivity index is 3.20. The molecule has 0 aliphatic heterocycles. The molecule has 0 spiro atoms. The molecule has 0 fully saturated rings. The van der Waals surface area contributed by atoms with Crippen LogP contribution in [-0.2, 0) is 5.33 Å². The number of alkyl halides is 1. The summed E-state index contributed by atoms with van der Waals surface area (Å²) < 4.78 is 11.5. The van der Waals surface area contributed by atoms with Crippen molar-refractivity contribution in [3.63, 3.8) is 0 Å². The minimum atomic E-state index is 0.804. The van der Waals surface area contributed by atoms with Crippen LogP contribution in [0.1, 0.15) is 5.56 Å². The van der Waals surface area contributed by atoms with Crippen LogP contribution in [0.5, 0.6) is 11.5 Å². The van der Waals surface area contributed by atoms with Crippen LogP contribution >= 0.6 is 38.5 Å². The van der Waals surface area contributed by atoms with Crippen LogP contribution in [0.15, 0.2) is 12.1 Å². The molecule has 0 saturated carbocycles. The van der Waals surface area contributed by atoms with E-state index in [0.717, 1.165) is 20.4 Å². The zero-order valence-corrected chi connectivity index (χ0v) is 11.2. The molecule has 0 atom stereocenters. The standard InChI is InChI=1S/C9H10BrIO2/c1-12-7-3-6(5-10)9(11)8(4-7)13-2/h3-4H,5H2,1-2H3. The van der Waals surface area contributed by atoms with Gasteiger partial charge in [0.15, 0.2) is 0 Å². The predicted octanol–water partition coefficient (Wildman–Crippen LogP) is 3.20. The van der Waals surface area contributed by atoms with E-state index in [-0.39, 0.29) is 0 Å². The van der Waals surface area contributed by atoms with E-state index in [2.05, 4.69) is 38.5 Å². The average molecular weight is 357 g/mol. The van der Waals surface area contributed by atoms with Crippen LogP contribution in [-0.4, -0.2) is 14.2 Å². The van der Waals surface area contributed by atoms with E-state index >= 15 is 0 Å². The maximum absolute atomic E-state index is 5.22. The summed E-state index contributed by atoms with van der Waals surface area (Å²) in [5.74, 6) is 1.68. The highest BCUT2D eigenvalue weighted by atomic mass is 127. The summed E-state index contributed by atoms with van der Waals surface area (Å²) in [6, 6.07) is 3.88. The van der Waals surface area contributed by atoms with E-state index in [1.54, 1.807) is 14.2 Å². The fourth-order valence-electron chi connectivity index (χ4n) is 0.991. The van der Waals surface area contributed by atoms with Crippen molar-refractivity contribution in [3.8, 4) is 11.5 Å². The summed E-state index contributed by atoms with van der Waals surface area (Å²) in [6.45, 7) is 0. The quantitative estimate of drug-likeness (QED) is 0.611. The number of hydrogen-bond donors (Lipinski definition) is 0. The van der Waals surface area contributed by atoms with Crippen molar-refractivity contribution >= 4 is 38.5 Å². The lowest BCUT2D eigenvalue weighted by atomic mass is 10.2. The van der Waals surface area contributed by atoms with Gasteiger partial charge in [0.25, 0.3) is 0 Å². The van der Waals surface area contributed by atoms with Crippen LogP contribution in [0.4, 0.5) is 0 Å². The Labute approximate surface area is 99.9 Å². The molecule has 0 aliphatic rings. The van der Waals surface area contributed by atoms with Crippen molar-refractivity contribution in [1.29, 1.82) is 0 Å². The number of hydrogen-bond acceptors (Lipinski definition) is 2. The Hall–Kier alpha value is 0.0300. The lowest BCUT2D eigenvalue weighted by Crippen LogP contribution is -1.94. The molecule has 13 heavy (non-hydrogen) atoms. The monoisotopic (exact) mass is 356 g/mol. The van der Waals surface area contributed by atoms with Gasteiger partial charge in [-0.25, -0.2) is 0 Å². The summed E-state index contributed by atoms with van der Waals surface area (Å²) in [6.07, 6.45) is 0. The SMILES string of the molecule is COc1cc(CBr)c(I)c(OC)c1. The largest absolute Gasteiger partial charge is 0.497 e. The minimum absolute atomic E-state index is 0.804. The fraction of sp³-hybridized carbons (Fsp3) is 0.333. The molecular formula is C9H10BrIO2. The molecule has 1 aromatic rings. The second-order valence-corrected chi connectivity index (χ2v) is 4.08. The number of ether oxygens (including phenoxy) is 2. The molecule has 4 heteroatoms. The smallest absolute Gasteiger partial charge is 0.136 e. The van der Waals surface area contributed by atoms with Crippen LogP contribution < -0.4 is 9.47 Å². The Morgan fingerprint density at radius 1 is 1.31 bits per heavy atom. The third-order valence-corrected chi connectivity index (χ3v) is 3.52. The average Bonchev–Trinajstić information content (AvgIpc) is 2.18. The summed E-state index contributed by atoms with van der Waals surface area (Å²) in [5.41, 5.74) is 1.18. The van der Waals surface area contributed by atoms with Crippen LogP contribution in [0.25, 0.3) is 0 Å². The first-order valence-corrected chi connectivity index (χ1v) is 5.89. The van der Waals surface area contributed by atoms with Gasteiger partial charge in [0.05, 0.1) is 17.8 Å². The Morgan fingerprint density at radius 3 is 2.46 bits per heavy atom. The van der Waals surface area contributed by atoms with Crippen molar-refractivity contribution < 1.29 is 9.47 Å². The van der Waals surface area contributed by atoms with Crippen LogP contribution in [0.2, 0.25) is 0 Å². The highest BCUT2D eigenvalue weighted by Crippen LogP contribution is 2.30. The van der Waals surface area contributed by atoms with Gasteiger partial charge in [-0.1, -0.05) is 15.9 Å². The summed E-state index contributed by atoms with van der Waals surface area (Å²) >= 11 is 5.68. The summed E-state index contributed by atoms with van der Waals surface area (Å²) in [7, 11) is 3.31. The van der Waals surface area contributed by atoms with E-state index in [0.29, 0.717) is 0 Å². The molecule has 0 bridgehead atoms. The molecule has 0 aliphatic carbocycles. The molecule has 0 N–H and O–H groups in total. The summed E-state index contributed by atoms with van der Waals surface area (Å²) in [4.78, 5) is 0. The highest BCUT2D eigenvalue weighted by molar-refractivity contribution is 14.1. The van der Waals surface area contributed by atoms with Gasteiger partial charge in [0.1, 0.15) is 11.5 Å². The molecule has 1 rings (SSSR count). The maximum Gasteiger partial charge on any atom is 0.136 e. The Bertz CT molecular complexity index is 277. The van der Waals surface area contributed by atoms with Crippen molar-refractivity contribution in [2.75, 3.05) is 14.2 Å². The maximum atomic E-state index is 5.22. The topological polar surface area (TPSA) is 18.5 Å². The molecule has 0 radical (unpaired) electrons. The normalized spacial score (nSPS) is 9.85. The van der Waals surface area contributed by atoms with Gasteiger partial charge < -0.3 is 9.47 Å². The molecular weight excluding hydrogens is 347 g/mol. The molecule has 72 valence electrons. The lowest BCUT2D eigenvalue weighted by Gasteiger charge is -2.09. The number of rotatable bonds is 3. The molecule has 2 nitrogen and oxygen atoms in total. The van der Waals surface area contributed by atoms with Crippen LogP contribution in [0, 0.1) is 3.57 Å². The third-order valence-electron chi connectivity index (χ3n) is 1.69. The zero-order chi connectivity index (χ0) is 9.84. The van der Waals surface area contributed by atoms with Gasteiger partial charge in [-0.15, -0.1) is 0 Å². The summed E-state index contributed by atoms with van der Waals surface area (Å²) in [5, 5.41) is 0.804. The minimum Gasteiger partial charge on any atom is -0.497 e. The third kappa shape index (κ3) is 2.49. The van der Waals surface area contributed by atoms with E-state index in [9.17, 15) is 0 Å². The second-order valence-electron chi connectivity index (χ2n) is 2.44. The number of methoxy groups -OCH3 is 2. The number of halogens is 2. The molecule has 0 heterocycles. The molecule has 0 unspecified atom stereocenters. The van der Waals surface area contributed by atoms with Crippen molar-refractivity contribution in [2.24, 2.45) is 0 Å². The van der Waals surface area contributed by atoms with Gasteiger partial charge in [0, 0.05) is 11.4 Å². The van der Waals surface area contributed by atoms with E-state index in [1.165, 1.54) is 5.56 Å². The molecule has 1 aromatic carbocycles. The van der Waals surface area contributed by atoms with Gasteiger partial charge in [-0.05, 0) is 34.2 Å². The van der Waals surface area contributed by atoms with Gasteiger partial charge in [0.2, 0.25) is 0 Å². The van der Waals surface area contributed by atoms with Gasteiger partial charge >= 0.3 is 0 Å².